The highest BCUT2D eigenvalue weighted by molar-refractivity contribution is 6.10. The smallest absolute Gasteiger partial charge is 0.174 e. The van der Waals surface area contributed by atoms with Gasteiger partial charge < -0.3 is 19.7 Å². The van der Waals surface area contributed by atoms with Crippen molar-refractivity contribution >= 4 is 16.8 Å². The first-order valence-corrected chi connectivity index (χ1v) is 7.86. The van der Waals surface area contributed by atoms with Crippen molar-refractivity contribution in [3.8, 4) is 0 Å². The zero-order valence-electron chi connectivity index (χ0n) is 13.6. The van der Waals surface area contributed by atoms with Crippen LogP contribution in [0.25, 0.3) is 11.0 Å². The fourth-order valence-electron chi connectivity index (χ4n) is 3.23. The lowest BCUT2D eigenvalue weighted by Gasteiger charge is -2.20. The summed E-state index contributed by atoms with van der Waals surface area (Å²) >= 11 is 0. The number of para-hydroxylation sites is 1. The summed E-state index contributed by atoms with van der Waals surface area (Å²) in [5, 5.41) is 29.2. The first kappa shape index (κ1) is 16.5. The molecule has 0 saturated heterocycles. The third kappa shape index (κ3) is 2.88. The highest BCUT2D eigenvalue weighted by Gasteiger charge is 2.29. The van der Waals surface area contributed by atoms with Crippen molar-refractivity contribution in [2.24, 2.45) is 5.92 Å². The van der Waals surface area contributed by atoms with Crippen LogP contribution in [-0.4, -0.2) is 27.4 Å². The number of Topliss-reactive ketones (excluding diaryl/α,β-unsaturated/α-hetero) is 1. The van der Waals surface area contributed by atoms with E-state index in [9.17, 15) is 20.1 Å². The number of allylic oxidation sites excluding steroid dienone is 3. The van der Waals surface area contributed by atoms with Crippen LogP contribution in [0.3, 0.4) is 0 Å². The number of furan rings is 1. The van der Waals surface area contributed by atoms with Crippen LogP contribution in [0.2, 0.25) is 0 Å². The van der Waals surface area contributed by atoms with Crippen molar-refractivity contribution in [1.82, 2.24) is 0 Å². The Labute approximate surface area is 139 Å². The molecule has 1 aliphatic carbocycles. The summed E-state index contributed by atoms with van der Waals surface area (Å²) in [6, 6.07) is 7.15. The van der Waals surface area contributed by atoms with Gasteiger partial charge in [0, 0.05) is 11.3 Å². The summed E-state index contributed by atoms with van der Waals surface area (Å²) in [5.41, 5.74) is 2.38. The molecule has 24 heavy (non-hydrogen) atoms. The highest BCUT2D eigenvalue weighted by Crippen LogP contribution is 2.34. The van der Waals surface area contributed by atoms with Crippen LogP contribution in [0.4, 0.5) is 0 Å². The molecule has 1 aromatic carbocycles. The van der Waals surface area contributed by atoms with E-state index in [1.165, 1.54) is 0 Å². The summed E-state index contributed by atoms with van der Waals surface area (Å²) in [4.78, 5) is 13.1. The van der Waals surface area contributed by atoms with Crippen molar-refractivity contribution < 1.29 is 24.5 Å². The maximum atomic E-state index is 13.1. The first-order chi connectivity index (χ1) is 11.4. The third-order valence-corrected chi connectivity index (χ3v) is 4.37. The van der Waals surface area contributed by atoms with Gasteiger partial charge in [-0.05, 0) is 37.5 Å². The summed E-state index contributed by atoms with van der Waals surface area (Å²) in [5.74, 6) is -0.0286. The third-order valence-electron chi connectivity index (χ3n) is 4.37. The first-order valence-electron chi connectivity index (χ1n) is 7.86. The van der Waals surface area contributed by atoms with E-state index in [2.05, 4.69) is 0 Å². The number of aliphatic hydroxyl groups is 3. The molecule has 1 aliphatic rings. The summed E-state index contributed by atoms with van der Waals surface area (Å²) in [6.45, 7) is 3.57. The Bertz CT molecular complexity index is 854. The van der Waals surface area contributed by atoms with Crippen LogP contribution in [-0.2, 0) is 6.42 Å². The lowest BCUT2D eigenvalue weighted by molar-refractivity contribution is -0.0411. The molecule has 0 aliphatic heterocycles. The molecule has 0 radical (unpaired) electrons. The Balaban J connectivity index is 2.07. The lowest BCUT2D eigenvalue weighted by Crippen LogP contribution is -2.19. The second-order valence-corrected chi connectivity index (χ2v) is 6.23. The molecule has 1 atom stereocenters. The lowest BCUT2D eigenvalue weighted by atomic mass is 9.84. The van der Waals surface area contributed by atoms with Gasteiger partial charge in [-0.2, -0.15) is 0 Å². The van der Waals surface area contributed by atoms with Gasteiger partial charge in [-0.1, -0.05) is 24.3 Å². The SMILES string of the molecule is CC1=CC(C(=O)c2c(CC(O)O)oc3ccccc23)CC(C)=C1O. The van der Waals surface area contributed by atoms with Gasteiger partial charge in [0.1, 0.15) is 17.1 Å². The van der Waals surface area contributed by atoms with E-state index in [0.29, 0.717) is 28.5 Å². The molecule has 5 nitrogen and oxygen atoms in total. The van der Waals surface area contributed by atoms with Gasteiger partial charge in [0.05, 0.1) is 12.0 Å². The number of carbonyl (C=O) groups excluding carboxylic acids is 1. The van der Waals surface area contributed by atoms with Crippen molar-refractivity contribution in [2.75, 3.05) is 0 Å². The topological polar surface area (TPSA) is 90.9 Å². The van der Waals surface area contributed by atoms with E-state index in [1.807, 2.05) is 6.07 Å². The molecule has 1 unspecified atom stereocenters. The molecule has 3 rings (SSSR count). The minimum atomic E-state index is -1.59. The Morgan fingerprint density at radius 1 is 1.29 bits per heavy atom. The van der Waals surface area contributed by atoms with Crippen molar-refractivity contribution in [3.05, 3.63) is 58.6 Å². The highest BCUT2D eigenvalue weighted by atomic mass is 16.5. The van der Waals surface area contributed by atoms with E-state index < -0.39 is 12.2 Å². The average Bonchev–Trinajstić information content (AvgIpc) is 2.88. The second kappa shape index (κ2) is 6.26. The van der Waals surface area contributed by atoms with Crippen LogP contribution in [0, 0.1) is 5.92 Å². The average molecular weight is 328 g/mol. The molecule has 126 valence electrons. The quantitative estimate of drug-likeness (QED) is 0.592. The monoisotopic (exact) mass is 328 g/mol. The molecule has 0 spiro atoms. The normalized spacial score (nSPS) is 18.4. The summed E-state index contributed by atoms with van der Waals surface area (Å²) in [7, 11) is 0. The van der Waals surface area contributed by atoms with Crippen molar-refractivity contribution in [1.29, 1.82) is 0 Å². The van der Waals surface area contributed by atoms with Crippen LogP contribution < -0.4 is 0 Å². The van der Waals surface area contributed by atoms with E-state index in [-0.39, 0.29) is 23.7 Å². The molecule has 0 bridgehead atoms. The summed E-state index contributed by atoms with van der Waals surface area (Å²) in [6.07, 6.45) is 0.450. The van der Waals surface area contributed by atoms with Gasteiger partial charge in [-0.3, -0.25) is 4.79 Å². The van der Waals surface area contributed by atoms with Gasteiger partial charge in [-0.15, -0.1) is 0 Å². The Morgan fingerprint density at radius 3 is 2.67 bits per heavy atom. The van der Waals surface area contributed by atoms with Crippen LogP contribution in [0.5, 0.6) is 0 Å². The van der Waals surface area contributed by atoms with Gasteiger partial charge in [0.15, 0.2) is 12.1 Å². The number of hydrogen-bond acceptors (Lipinski definition) is 5. The maximum Gasteiger partial charge on any atom is 0.174 e. The number of benzene rings is 1. The largest absolute Gasteiger partial charge is 0.508 e. The van der Waals surface area contributed by atoms with Gasteiger partial charge in [-0.25, -0.2) is 0 Å². The standard InChI is InChI=1S/C19H20O5/c1-10-7-12(8-11(2)18(10)22)19(23)17-13-5-3-4-6-14(13)24-15(17)9-16(20)21/h3-7,12,16,20-22H,8-9H2,1-2H3. The van der Waals surface area contributed by atoms with Crippen LogP contribution >= 0.6 is 0 Å². The number of hydrogen-bond donors (Lipinski definition) is 3. The van der Waals surface area contributed by atoms with Gasteiger partial charge in [0.25, 0.3) is 0 Å². The number of fused-ring (bicyclic) bond motifs is 1. The Hall–Kier alpha value is -2.37. The number of carbonyl (C=O) groups is 1. The molecule has 1 heterocycles. The van der Waals surface area contributed by atoms with E-state index in [0.717, 1.165) is 5.57 Å². The minimum absolute atomic E-state index is 0.137. The van der Waals surface area contributed by atoms with Crippen LogP contribution in [0.1, 0.15) is 36.4 Å². The molecule has 1 aromatic heterocycles. The van der Waals surface area contributed by atoms with Gasteiger partial charge >= 0.3 is 0 Å². The van der Waals surface area contributed by atoms with Crippen molar-refractivity contribution in [3.63, 3.8) is 0 Å². The number of rotatable bonds is 4. The predicted molar refractivity (Wildman–Crippen MR) is 89.7 cm³/mol. The fourth-order valence-corrected chi connectivity index (χ4v) is 3.23. The Kier molecular flexibility index (Phi) is 4.30. The molecular formula is C19H20O5. The van der Waals surface area contributed by atoms with Crippen molar-refractivity contribution in [2.45, 2.75) is 33.0 Å². The zero-order chi connectivity index (χ0) is 17.4. The minimum Gasteiger partial charge on any atom is -0.508 e. The fraction of sp³-hybridized carbons (Fsp3) is 0.316. The second-order valence-electron chi connectivity index (χ2n) is 6.23. The van der Waals surface area contributed by atoms with E-state index >= 15 is 0 Å². The summed E-state index contributed by atoms with van der Waals surface area (Å²) < 4.78 is 5.67. The molecule has 0 fully saturated rings. The molecular weight excluding hydrogens is 308 g/mol. The Morgan fingerprint density at radius 2 is 2.00 bits per heavy atom. The molecule has 0 amide bonds. The maximum absolute atomic E-state index is 13.1. The molecule has 2 aromatic rings. The molecule has 3 N–H and O–H groups in total. The van der Waals surface area contributed by atoms with E-state index in [1.54, 1.807) is 38.1 Å². The zero-order valence-corrected chi connectivity index (χ0v) is 13.6. The number of aliphatic hydroxyl groups excluding tert-OH is 2. The molecule has 0 saturated carbocycles. The predicted octanol–water partition coefficient (Wildman–Crippen LogP) is 3.27. The number of ketones is 1. The van der Waals surface area contributed by atoms with Crippen LogP contribution in [0.15, 0.2) is 51.7 Å². The van der Waals surface area contributed by atoms with E-state index in [4.69, 9.17) is 4.42 Å². The van der Waals surface area contributed by atoms with Gasteiger partial charge in [0.2, 0.25) is 0 Å². The molecule has 5 heteroatoms.